The molecule has 28 heavy (non-hydrogen) atoms. The number of halogens is 1. The molecular weight excluding hydrogens is 363 g/mol. The number of hydrogen-bond donors (Lipinski definition) is 2. The van der Waals surface area contributed by atoms with Crippen molar-refractivity contribution in [1.29, 1.82) is 0 Å². The maximum Gasteiger partial charge on any atom is 0.328 e. The van der Waals surface area contributed by atoms with E-state index < -0.39 is 24.6 Å². The number of aliphatic carboxylic acids is 1. The SMILES string of the molecule is Cc1ccccc1-c1cc(C(=O)NC(CF)C(=O)O)c2cnn(C(C)C)c2n1. The predicted molar refractivity (Wildman–Crippen MR) is 103 cm³/mol. The number of pyridine rings is 1. The summed E-state index contributed by atoms with van der Waals surface area (Å²) in [4.78, 5) is 28.6. The lowest BCUT2D eigenvalue weighted by molar-refractivity contribution is -0.139. The van der Waals surface area contributed by atoms with Gasteiger partial charge in [-0.2, -0.15) is 5.10 Å². The number of aromatic nitrogens is 3. The summed E-state index contributed by atoms with van der Waals surface area (Å²) in [7, 11) is 0. The highest BCUT2D eigenvalue weighted by Gasteiger charge is 2.24. The Hall–Kier alpha value is -3.29. The van der Waals surface area contributed by atoms with E-state index in [1.165, 1.54) is 6.20 Å². The van der Waals surface area contributed by atoms with Gasteiger partial charge < -0.3 is 10.4 Å². The zero-order valence-corrected chi connectivity index (χ0v) is 15.8. The molecule has 0 aliphatic rings. The van der Waals surface area contributed by atoms with Crippen LogP contribution in [-0.2, 0) is 4.79 Å². The summed E-state index contributed by atoms with van der Waals surface area (Å²) in [6.07, 6.45) is 1.52. The number of rotatable bonds is 6. The summed E-state index contributed by atoms with van der Waals surface area (Å²) in [5.41, 5.74) is 3.09. The van der Waals surface area contributed by atoms with Crippen LogP contribution in [0.3, 0.4) is 0 Å². The van der Waals surface area contributed by atoms with Gasteiger partial charge in [0.05, 0.1) is 22.8 Å². The van der Waals surface area contributed by atoms with Crippen LogP contribution in [-0.4, -0.2) is 44.5 Å². The van der Waals surface area contributed by atoms with Crippen molar-refractivity contribution >= 4 is 22.9 Å². The molecule has 0 aliphatic carbocycles. The van der Waals surface area contributed by atoms with Gasteiger partial charge in [0.1, 0.15) is 6.67 Å². The van der Waals surface area contributed by atoms with Crippen LogP contribution in [0.5, 0.6) is 0 Å². The molecular formula is C20H21FN4O3. The van der Waals surface area contributed by atoms with E-state index in [9.17, 15) is 14.0 Å². The Morgan fingerprint density at radius 1 is 1.29 bits per heavy atom. The van der Waals surface area contributed by atoms with Crippen LogP contribution in [0.4, 0.5) is 4.39 Å². The fraction of sp³-hybridized carbons (Fsp3) is 0.300. The van der Waals surface area contributed by atoms with E-state index in [1.54, 1.807) is 10.7 Å². The third-order valence-electron chi connectivity index (χ3n) is 4.48. The van der Waals surface area contributed by atoms with Crippen LogP contribution in [0.15, 0.2) is 36.5 Å². The van der Waals surface area contributed by atoms with E-state index in [0.29, 0.717) is 16.7 Å². The first-order chi connectivity index (χ1) is 13.3. The Bertz CT molecular complexity index is 1050. The highest BCUT2D eigenvalue weighted by atomic mass is 19.1. The highest BCUT2D eigenvalue weighted by molar-refractivity contribution is 6.07. The van der Waals surface area contributed by atoms with Gasteiger partial charge in [0.2, 0.25) is 0 Å². The van der Waals surface area contributed by atoms with Crippen molar-refractivity contribution in [1.82, 2.24) is 20.1 Å². The molecule has 0 spiro atoms. The number of carboxylic acid groups (broad SMARTS) is 1. The Kier molecular flexibility index (Phi) is 5.39. The van der Waals surface area contributed by atoms with Gasteiger partial charge in [0.25, 0.3) is 5.91 Å². The maximum atomic E-state index is 13.0. The monoisotopic (exact) mass is 384 g/mol. The van der Waals surface area contributed by atoms with Crippen molar-refractivity contribution in [3.8, 4) is 11.3 Å². The van der Waals surface area contributed by atoms with Gasteiger partial charge in [-0.1, -0.05) is 24.3 Å². The molecule has 1 unspecified atom stereocenters. The van der Waals surface area contributed by atoms with E-state index in [2.05, 4.69) is 10.4 Å². The van der Waals surface area contributed by atoms with E-state index in [4.69, 9.17) is 10.1 Å². The van der Waals surface area contributed by atoms with E-state index in [-0.39, 0.29) is 11.6 Å². The van der Waals surface area contributed by atoms with Crippen LogP contribution in [0.25, 0.3) is 22.3 Å². The van der Waals surface area contributed by atoms with Crippen molar-refractivity contribution in [2.75, 3.05) is 6.67 Å². The molecule has 2 N–H and O–H groups in total. The van der Waals surface area contributed by atoms with Gasteiger partial charge in [0, 0.05) is 11.6 Å². The number of aryl methyl sites for hydroxylation is 1. The molecule has 1 aromatic carbocycles. The van der Waals surface area contributed by atoms with Gasteiger partial charge in [-0.25, -0.2) is 18.9 Å². The number of nitrogens with one attached hydrogen (secondary N) is 1. The van der Waals surface area contributed by atoms with Gasteiger partial charge in [0.15, 0.2) is 11.7 Å². The number of alkyl halides is 1. The van der Waals surface area contributed by atoms with Crippen LogP contribution >= 0.6 is 0 Å². The van der Waals surface area contributed by atoms with Crippen molar-refractivity contribution in [3.05, 3.63) is 47.7 Å². The summed E-state index contributed by atoms with van der Waals surface area (Å²) < 4.78 is 14.7. The molecule has 0 bridgehead atoms. The minimum Gasteiger partial charge on any atom is -0.480 e. The fourth-order valence-corrected chi connectivity index (χ4v) is 2.98. The van der Waals surface area contributed by atoms with Crippen molar-refractivity contribution in [2.45, 2.75) is 32.9 Å². The number of carbonyl (C=O) groups excluding carboxylic acids is 1. The number of hydrogen-bond acceptors (Lipinski definition) is 4. The summed E-state index contributed by atoms with van der Waals surface area (Å²) in [5, 5.41) is 16.1. The first kappa shape index (κ1) is 19.5. The number of benzene rings is 1. The largest absolute Gasteiger partial charge is 0.480 e. The standard InChI is InChI=1S/C20H21FN4O3/c1-11(2)25-18-15(10-22-25)14(19(26)24-17(9-21)20(27)28)8-16(23-18)13-7-5-4-6-12(13)3/h4-8,10-11,17H,9H2,1-3H3,(H,24,26)(H,27,28). The third kappa shape index (κ3) is 3.58. The summed E-state index contributed by atoms with van der Waals surface area (Å²) in [6.45, 7) is 4.62. The van der Waals surface area contributed by atoms with Crippen LogP contribution in [0.2, 0.25) is 0 Å². The van der Waals surface area contributed by atoms with Crippen molar-refractivity contribution < 1.29 is 19.1 Å². The van der Waals surface area contributed by atoms with Crippen molar-refractivity contribution in [2.24, 2.45) is 0 Å². The second-order valence-electron chi connectivity index (χ2n) is 6.81. The number of fused-ring (bicyclic) bond motifs is 1. The number of nitrogens with zero attached hydrogens (tertiary/aromatic N) is 3. The normalized spacial score (nSPS) is 12.3. The topological polar surface area (TPSA) is 97.1 Å². The molecule has 8 heteroatoms. The zero-order valence-electron chi connectivity index (χ0n) is 15.8. The molecule has 0 radical (unpaired) electrons. The molecule has 3 aromatic rings. The first-order valence-electron chi connectivity index (χ1n) is 8.87. The Morgan fingerprint density at radius 3 is 2.61 bits per heavy atom. The van der Waals surface area contributed by atoms with Crippen molar-refractivity contribution in [3.63, 3.8) is 0 Å². The summed E-state index contributed by atoms with van der Waals surface area (Å²) in [6, 6.07) is 7.58. The average Bonchev–Trinajstić information content (AvgIpc) is 3.09. The number of carboxylic acids is 1. The molecule has 3 rings (SSSR count). The second-order valence-corrected chi connectivity index (χ2v) is 6.81. The lowest BCUT2D eigenvalue weighted by Crippen LogP contribution is -2.42. The molecule has 2 heterocycles. The third-order valence-corrected chi connectivity index (χ3v) is 4.48. The molecule has 2 aromatic heterocycles. The molecule has 7 nitrogen and oxygen atoms in total. The lowest BCUT2D eigenvalue weighted by Gasteiger charge is -2.14. The Balaban J connectivity index is 2.19. The van der Waals surface area contributed by atoms with E-state index in [0.717, 1.165) is 11.1 Å². The number of amides is 1. The molecule has 1 amide bonds. The van der Waals surface area contributed by atoms with Crippen LogP contribution in [0.1, 0.15) is 35.8 Å². The molecule has 1 atom stereocenters. The van der Waals surface area contributed by atoms with Gasteiger partial charge in [-0.05, 0) is 32.4 Å². The van der Waals surface area contributed by atoms with E-state index >= 15 is 0 Å². The van der Waals surface area contributed by atoms with Crippen LogP contribution in [0, 0.1) is 6.92 Å². The van der Waals surface area contributed by atoms with Gasteiger partial charge in [-0.15, -0.1) is 0 Å². The highest BCUT2D eigenvalue weighted by Crippen LogP contribution is 2.28. The average molecular weight is 384 g/mol. The Morgan fingerprint density at radius 2 is 2.00 bits per heavy atom. The lowest BCUT2D eigenvalue weighted by atomic mass is 10.0. The second kappa shape index (κ2) is 7.75. The van der Waals surface area contributed by atoms with E-state index in [1.807, 2.05) is 45.0 Å². The molecule has 0 aliphatic heterocycles. The summed E-state index contributed by atoms with van der Waals surface area (Å²) in [5.74, 6) is -2.12. The summed E-state index contributed by atoms with van der Waals surface area (Å²) >= 11 is 0. The minimum absolute atomic E-state index is 0.00522. The van der Waals surface area contributed by atoms with Crippen LogP contribution < -0.4 is 5.32 Å². The molecule has 0 saturated carbocycles. The minimum atomic E-state index is -1.61. The quantitative estimate of drug-likeness (QED) is 0.680. The zero-order chi connectivity index (χ0) is 20.4. The van der Waals surface area contributed by atoms with Gasteiger partial charge in [-0.3, -0.25) is 4.79 Å². The predicted octanol–water partition coefficient (Wildman–Crippen LogP) is 3.14. The molecule has 0 fully saturated rings. The molecule has 146 valence electrons. The smallest absolute Gasteiger partial charge is 0.328 e. The van der Waals surface area contributed by atoms with Gasteiger partial charge >= 0.3 is 5.97 Å². The fourth-order valence-electron chi connectivity index (χ4n) is 2.98. The Labute approximate surface area is 161 Å². The number of carbonyl (C=O) groups is 2. The maximum absolute atomic E-state index is 13.0. The first-order valence-corrected chi connectivity index (χ1v) is 8.87. The molecule has 0 saturated heterocycles.